The lowest BCUT2D eigenvalue weighted by Crippen LogP contribution is -2.13. The van der Waals surface area contributed by atoms with Crippen LogP contribution in [0, 0.1) is 11.3 Å². The van der Waals surface area contributed by atoms with Gasteiger partial charge in [-0.25, -0.2) is 13.4 Å². The standard InChI is InChI=1S/C22H16N4O4S2/c1-29-17-4-2-3-15(11-17)20-7-5-18(14-25-20)30-21-8-6-19(12-16(21)13-23)32(27,28)26-22-24-9-10-31-22/h2-12,14H,1H3,(H,24,26). The molecule has 0 saturated carbocycles. The average Bonchev–Trinajstić information content (AvgIpc) is 3.32. The van der Waals surface area contributed by atoms with Crippen LogP contribution in [0.2, 0.25) is 0 Å². The van der Waals surface area contributed by atoms with Crippen molar-refractivity contribution >= 4 is 26.5 Å². The predicted octanol–water partition coefficient (Wildman–Crippen LogP) is 4.68. The largest absolute Gasteiger partial charge is 0.497 e. The highest BCUT2D eigenvalue weighted by molar-refractivity contribution is 7.93. The molecule has 10 heteroatoms. The molecule has 0 aliphatic rings. The Morgan fingerprint density at radius 2 is 1.94 bits per heavy atom. The molecule has 2 heterocycles. The minimum absolute atomic E-state index is 0.0666. The number of pyridine rings is 1. The van der Waals surface area contributed by atoms with Gasteiger partial charge in [0.25, 0.3) is 10.0 Å². The number of nitrogens with one attached hydrogen (secondary N) is 1. The highest BCUT2D eigenvalue weighted by Gasteiger charge is 2.18. The molecule has 0 aliphatic carbocycles. The Bertz CT molecular complexity index is 1380. The molecule has 0 saturated heterocycles. The van der Waals surface area contributed by atoms with Gasteiger partial charge in [-0.15, -0.1) is 11.3 Å². The highest BCUT2D eigenvalue weighted by atomic mass is 32.2. The van der Waals surface area contributed by atoms with Gasteiger partial charge < -0.3 is 9.47 Å². The van der Waals surface area contributed by atoms with Crippen molar-refractivity contribution in [3.8, 4) is 34.6 Å². The van der Waals surface area contributed by atoms with Crippen LogP contribution in [0.25, 0.3) is 11.3 Å². The van der Waals surface area contributed by atoms with Gasteiger partial charge in [0, 0.05) is 17.1 Å². The quantitative estimate of drug-likeness (QED) is 0.422. The Hall–Kier alpha value is -3.94. The molecular weight excluding hydrogens is 448 g/mol. The van der Waals surface area contributed by atoms with Crippen molar-refractivity contribution in [3.63, 3.8) is 0 Å². The minimum Gasteiger partial charge on any atom is -0.497 e. The maximum absolute atomic E-state index is 12.5. The summed E-state index contributed by atoms with van der Waals surface area (Å²) in [5.74, 6) is 1.35. The molecule has 0 bridgehead atoms. The number of nitriles is 1. The molecule has 0 unspecified atom stereocenters. The molecule has 0 spiro atoms. The summed E-state index contributed by atoms with van der Waals surface area (Å²) < 4.78 is 38.5. The van der Waals surface area contributed by atoms with Gasteiger partial charge in [-0.2, -0.15) is 5.26 Å². The van der Waals surface area contributed by atoms with Crippen molar-refractivity contribution in [2.75, 3.05) is 11.8 Å². The van der Waals surface area contributed by atoms with Gasteiger partial charge in [-0.3, -0.25) is 9.71 Å². The molecule has 1 N–H and O–H groups in total. The summed E-state index contributed by atoms with van der Waals surface area (Å²) in [6, 6.07) is 17.0. The second kappa shape index (κ2) is 9.05. The van der Waals surface area contributed by atoms with Crippen LogP contribution in [0.15, 0.2) is 77.3 Å². The number of anilines is 1. The van der Waals surface area contributed by atoms with E-state index in [-0.39, 0.29) is 21.3 Å². The first-order chi connectivity index (χ1) is 15.5. The lowest BCUT2D eigenvalue weighted by atomic mass is 10.1. The van der Waals surface area contributed by atoms with Crippen LogP contribution in [0.1, 0.15) is 5.56 Å². The maximum atomic E-state index is 12.5. The number of methoxy groups -OCH3 is 1. The first-order valence-corrected chi connectivity index (χ1v) is 11.6. The Kier molecular flexibility index (Phi) is 6.02. The van der Waals surface area contributed by atoms with Crippen LogP contribution < -0.4 is 14.2 Å². The Morgan fingerprint density at radius 1 is 1.06 bits per heavy atom. The van der Waals surface area contributed by atoms with Gasteiger partial charge in [0.05, 0.1) is 29.5 Å². The number of aromatic nitrogens is 2. The van der Waals surface area contributed by atoms with E-state index in [1.165, 1.54) is 30.6 Å². The van der Waals surface area contributed by atoms with E-state index in [0.717, 1.165) is 28.3 Å². The van der Waals surface area contributed by atoms with E-state index in [9.17, 15) is 13.7 Å². The summed E-state index contributed by atoms with van der Waals surface area (Å²) in [6.45, 7) is 0. The third kappa shape index (κ3) is 4.69. The number of thiazole rings is 1. The topological polar surface area (TPSA) is 114 Å². The smallest absolute Gasteiger partial charge is 0.263 e. The Morgan fingerprint density at radius 3 is 2.62 bits per heavy atom. The fourth-order valence-electron chi connectivity index (χ4n) is 2.82. The summed E-state index contributed by atoms with van der Waals surface area (Å²) in [4.78, 5) is 8.24. The second-order valence-electron chi connectivity index (χ2n) is 6.43. The van der Waals surface area contributed by atoms with Crippen molar-refractivity contribution in [1.29, 1.82) is 5.26 Å². The molecule has 4 aromatic rings. The number of rotatable bonds is 7. The van der Waals surface area contributed by atoms with E-state index in [0.29, 0.717) is 5.75 Å². The van der Waals surface area contributed by atoms with Crippen LogP contribution in [0.5, 0.6) is 17.2 Å². The van der Waals surface area contributed by atoms with Gasteiger partial charge in [-0.05, 0) is 42.5 Å². The number of nitrogens with zero attached hydrogens (tertiary/aromatic N) is 3. The zero-order valence-electron chi connectivity index (χ0n) is 16.7. The lowest BCUT2D eigenvalue weighted by Gasteiger charge is -2.10. The number of hydrogen-bond acceptors (Lipinski definition) is 8. The molecule has 0 aliphatic heterocycles. The Balaban J connectivity index is 1.55. The monoisotopic (exact) mass is 464 g/mol. The van der Waals surface area contributed by atoms with Gasteiger partial charge in [0.1, 0.15) is 23.3 Å². The average molecular weight is 465 g/mol. The molecule has 2 aromatic carbocycles. The fraction of sp³-hybridized carbons (Fsp3) is 0.0455. The third-order valence-electron chi connectivity index (χ3n) is 4.37. The first kappa shape index (κ1) is 21.3. The first-order valence-electron chi connectivity index (χ1n) is 9.23. The normalized spacial score (nSPS) is 10.9. The fourth-order valence-corrected chi connectivity index (χ4v) is 4.64. The molecule has 2 aromatic heterocycles. The molecule has 0 amide bonds. The summed E-state index contributed by atoms with van der Waals surface area (Å²) in [5.41, 5.74) is 1.69. The molecule has 4 rings (SSSR count). The van der Waals surface area contributed by atoms with E-state index in [1.807, 2.05) is 30.3 Å². The number of sulfonamides is 1. The molecule has 160 valence electrons. The van der Waals surface area contributed by atoms with Gasteiger partial charge in [-0.1, -0.05) is 12.1 Å². The zero-order chi connectivity index (χ0) is 22.6. The van der Waals surface area contributed by atoms with Crippen molar-refractivity contribution < 1.29 is 17.9 Å². The zero-order valence-corrected chi connectivity index (χ0v) is 18.4. The van der Waals surface area contributed by atoms with E-state index in [2.05, 4.69) is 14.7 Å². The highest BCUT2D eigenvalue weighted by Crippen LogP contribution is 2.29. The summed E-state index contributed by atoms with van der Waals surface area (Å²) in [7, 11) is -2.28. The van der Waals surface area contributed by atoms with Gasteiger partial charge in [0.2, 0.25) is 0 Å². The van der Waals surface area contributed by atoms with E-state index in [4.69, 9.17) is 9.47 Å². The van der Waals surface area contributed by atoms with Crippen LogP contribution in [-0.2, 0) is 10.0 Å². The molecular formula is C22H16N4O4S2. The van der Waals surface area contributed by atoms with Crippen molar-refractivity contribution in [1.82, 2.24) is 9.97 Å². The second-order valence-corrected chi connectivity index (χ2v) is 9.00. The van der Waals surface area contributed by atoms with Crippen LogP contribution in [0.4, 0.5) is 5.13 Å². The summed E-state index contributed by atoms with van der Waals surface area (Å²) in [5, 5.41) is 11.4. The van der Waals surface area contributed by atoms with Crippen molar-refractivity contribution in [3.05, 3.63) is 77.9 Å². The summed E-state index contributed by atoms with van der Waals surface area (Å²) >= 11 is 1.16. The van der Waals surface area contributed by atoms with E-state index in [1.54, 1.807) is 24.6 Å². The third-order valence-corrected chi connectivity index (χ3v) is 6.52. The van der Waals surface area contributed by atoms with E-state index >= 15 is 0 Å². The lowest BCUT2D eigenvalue weighted by molar-refractivity contribution is 0.415. The van der Waals surface area contributed by atoms with Crippen molar-refractivity contribution in [2.24, 2.45) is 0 Å². The molecule has 0 fully saturated rings. The summed E-state index contributed by atoms with van der Waals surface area (Å²) in [6.07, 6.45) is 3.03. The number of benzene rings is 2. The molecule has 0 atom stereocenters. The number of hydrogen-bond donors (Lipinski definition) is 1. The Labute approximate surface area is 188 Å². The molecule has 32 heavy (non-hydrogen) atoms. The maximum Gasteiger partial charge on any atom is 0.263 e. The van der Waals surface area contributed by atoms with Crippen LogP contribution >= 0.6 is 11.3 Å². The van der Waals surface area contributed by atoms with Crippen molar-refractivity contribution in [2.45, 2.75) is 4.90 Å². The van der Waals surface area contributed by atoms with E-state index < -0.39 is 10.0 Å². The van der Waals surface area contributed by atoms with Crippen LogP contribution in [0.3, 0.4) is 0 Å². The van der Waals surface area contributed by atoms with Gasteiger partial charge >= 0.3 is 0 Å². The predicted molar refractivity (Wildman–Crippen MR) is 120 cm³/mol. The molecule has 8 nitrogen and oxygen atoms in total. The SMILES string of the molecule is COc1cccc(-c2ccc(Oc3ccc(S(=O)(=O)Nc4nccs4)cc3C#N)cn2)c1. The number of ether oxygens (including phenoxy) is 2. The molecule has 0 radical (unpaired) electrons. The van der Waals surface area contributed by atoms with Gasteiger partial charge in [0.15, 0.2) is 5.13 Å². The minimum atomic E-state index is -3.88. The van der Waals surface area contributed by atoms with Crippen LogP contribution in [-0.4, -0.2) is 25.5 Å².